The monoisotopic (exact) mass is 338 g/mol. The van der Waals surface area contributed by atoms with E-state index in [1.54, 1.807) is 7.11 Å². The number of aliphatic hydroxyl groups excluding tert-OH is 1. The summed E-state index contributed by atoms with van der Waals surface area (Å²) >= 11 is 0. The summed E-state index contributed by atoms with van der Waals surface area (Å²) in [7, 11) is 1.61. The third kappa shape index (κ3) is 6.72. The number of methoxy groups -OCH3 is 1. The number of nitrogens with zero attached hydrogens (tertiary/aromatic N) is 1. The number of hydrogen-bond acceptors (Lipinski definition) is 5. The molecular weight excluding hydrogens is 315 g/mol. The van der Waals surface area contributed by atoms with E-state index in [2.05, 4.69) is 10.2 Å². The zero-order valence-corrected chi connectivity index (χ0v) is 13.8. The van der Waals surface area contributed by atoms with E-state index >= 15 is 0 Å². The van der Waals surface area contributed by atoms with Crippen LogP contribution in [0.15, 0.2) is 24.3 Å². The minimum atomic E-state index is -0.483. The highest BCUT2D eigenvalue weighted by molar-refractivity contribution is 5.85. The summed E-state index contributed by atoms with van der Waals surface area (Å²) in [4.78, 5) is 2.24. The second-order valence-corrected chi connectivity index (χ2v) is 4.67. The molecule has 2 rings (SSSR count). The molecule has 0 saturated carbocycles. The Hall–Kier alpha value is -0.720. The molecule has 1 saturated heterocycles. The normalized spacial score (nSPS) is 16.3. The summed E-state index contributed by atoms with van der Waals surface area (Å²) in [5.41, 5.74) is 0. The third-order valence-electron chi connectivity index (χ3n) is 3.18. The van der Waals surface area contributed by atoms with Gasteiger partial charge >= 0.3 is 0 Å². The van der Waals surface area contributed by atoms with Gasteiger partial charge in [0.1, 0.15) is 12.7 Å². The molecule has 5 nitrogen and oxygen atoms in total. The number of benzene rings is 1. The van der Waals surface area contributed by atoms with Crippen LogP contribution >= 0.6 is 24.8 Å². The van der Waals surface area contributed by atoms with Crippen molar-refractivity contribution in [2.45, 2.75) is 6.10 Å². The molecule has 1 aliphatic rings. The van der Waals surface area contributed by atoms with Gasteiger partial charge in [-0.15, -0.1) is 24.8 Å². The van der Waals surface area contributed by atoms with Gasteiger partial charge in [-0.25, -0.2) is 0 Å². The number of hydrogen-bond donors (Lipinski definition) is 2. The standard InChI is InChI=1S/C14H22N2O3.2ClH/c1-18-13-4-2-3-5-14(13)19-11-12(17)10-16-8-6-15-7-9-16;;/h2-5,12,15,17H,6-11H2,1H3;2*1H. The van der Waals surface area contributed by atoms with Gasteiger partial charge in [-0.1, -0.05) is 12.1 Å². The Morgan fingerprint density at radius 3 is 2.43 bits per heavy atom. The number of para-hydroxylation sites is 2. The Morgan fingerprint density at radius 1 is 1.19 bits per heavy atom. The lowest BCUT2D eigenvalue weighted by Gasteiger charge is -2.29. The first-order valence-corrected chi connectivity index (χ1v) is 6.66. The van der Waals surface area contributed by atoms with E-state index in [9.17, 15) is 5.11 Å². The number of nitrogens with one attached hydrogen (secondary N) is 1. The van der Waals surface area contributed by atoms with Gasteiger partial charge in [0.25, 0.3) is 0 Å². The van der Waals surface area contributed by atoms with Crippen LogP contribution in [0.2, 0.25) is 0 Å². The lowest BCUT2D eigenvalue weighted by molar-refractivity contribution is 0.0632. The summed E-state index contributed by atoms with van der Waals surface area (Å²) in [6.45, 7) is 4.86. The fourth-order valence-corrected chi connectivity index (χ4v) is 2.17. The molecule has 0 aromatic heterocycles. The van der Waals surface area contributed by atoms with Crippen LogP contribution in [-0.2, 0) is 0 Å². The van der Waals surface area contributed by atoms with Crippen LogP contribution in [0.3, 0.4) is 0 Å². The lowest BCUT2D eigenvalue weighted by Crippen LogP contribution is -2.47. The fourth-order valence-electron chi connectivity index (χ4n) is 2.17. The molecule has 21 heavy (non-hydrogen) atoms. The maximum absolute atomic E-state index is 10.00. The second kappa shape index (κ2) is 10.9. The van der Waals surface area contributed by atoms with E-state index in [0.717, 1.165) is 26.2 Å². The molecule has 1 aromatic rings. The maximum Gasteiger partial charge on any atom is 0.161 e. The van der Waals surface area contributed by atoms with Crippen molar-refractivity contribution < 1.29 is 14.6 Å². The van der Waals surface area contributed by atoms with Crippen molar-refractivity contribution in [2.24, 2.45) is 0 Å². The Balaban J connectivity index is 0.00000200. The van der Waals surface area contributed by atoms with Crippen LogP contribution < -0.4 is 14.8 Å². The van der Waals surface area contributed by atoms with Crippen molar-refractivity contribution >= 4 is 24.8 Å². The summed E-state index contributed by atoms with van der Waals surface area (Å²) in [5.74, 6) is 1.36. The Morgan fingerprint density at radius 2 is 1.81 bits per heavy atom. The number of aliphatic hydroxyl groups is 1. The highest BCUT2D eigenvalue weighted by Gasteiger charge is 2.15. The third-order valence-corrected chi connectivity index (χ3v) is 3.18. The minimum absolute atomic E-state index is 0. The molecule has 0 spiro atoms. The first-order chi connectivity index (χ1) is 9.29. The molecule has 1 heterocycles. The average Bonchev–Trinajstić information content (AvgIpc) is 2.46. The van der Waals surface area contributed by atoms with E-state index in [1.165, 1.54) is 0 Å². The minimum Gasteiger partial charge on any atom is -0.493 e. The number of halogens is 2. The van der Waals surface area contributed by atoms with Gasteiger partial charge in [0, 0.05) is 32.7 Å². The molecule has 7 heteroatoms. The molecule has 1 fully saturated rings. The van der Waals surface area contributed by atoms with Crippen molar-refractivity contribution in [3.63, 3.8) is 0 Å². The van der Waals surface area contributed by atoms with Gasteiger partial charge in [0.15, 0.2) is 11.5 Å². The molecular formula is C14H24Cl2N2O3. The van der Waals surface area contributed by atoms with Crippen LogP contribution in [0.1, 0.15) is 0 Å². The molecule has 0 bridgehead atoms. The van der Waals surface area contributed by atoms with E-state index in [1.807, 2.05) is 24.3 Å². The summed E-state index contributed by atoms with van der Waals surface area (Å²) in [6, 6.07) is 7.47. The van der Waals surface area contributed by atoms with Gasteiger partial charge in [-0.3, -0.25) is 4.90 Å². The largest absolute Gasteiger partial charge is 0.493 e. The maximum atomic E-state index is 10.00. The van der Waals surface area contributed by atoms with Crippen LogP contribution in [0.4, 0.5) is 0 Å². The zero-order valence-electron chi connectivity index (χ0n) is 12.2. The Labute approximate surface area is 138 Å². The number of rotatable bonds is 6. The Bertz CT molecular complexity index is 390. The van der Waals surface area contributed by atoms with Gasteiger partial charge in [0.05, 0.1) is 7.11 Å². The summed E-state index contributed by atoms with van der Waals surface area (Å²) in [5, 5.41) is 13.3. The summed E-state index contributed by atoms with van der Waals surface area (Å²) < 4.78 is 10.8. The highest BCUT2D eigenvalue weighted by atomic mass is 35.5. The van der Waals surface area contributed by atoms with Crippen LogP contribution in [0, 0.1) is 0 Å². The SMILES string of the molecule is COc1ccccc1OCC(O)CN1CCNCC1.Cl.Cl. The van der Waals surface area contributed by atoms with Crippen molar-refractivity contribution in [3.05, 3.63) is 24.3 Å². The second-order valence-electron chi connectivity index (χ2n) is 4.67. The lowest BCUT2D eigenvalue weighted by atomic mass is 10.3. The first-order valence-electron chi connectivity index (χ1n) is 6.66. The van der Waals surface area contributed by atoms with Gasteiger partial charge in [0.2, 0.25) is 0 Å². The van der Waals surface area contributed by atoms with Gasteiger partial charge < -0.3 is 19.9 Å². The van der Waals surface area contributed by atoms with E-state index in [0.29, 0.717) is 18.0 Å². The molecule has 0 radical (unpaired) electrons. The highest BCUT2D eigenvalue weighted by Crippen LogP contribution is 2.25. The average molecular weight is 339 g/mol. The van der Waals surface area contributed by atoms with Gasteiger partial charge in [-0.2, -0.15) is 0 Å². The number of piperazine rings is 1. The molecule has 0 amide bonds. The quantitative estimate of drug-likeness (QED) is 0.815. The van der Waals surface area contributed by atoms with Crippen molar-refractivity contribution in [3.8, 4) is 11.5 Å². The van der Waals surface area contributed by atoms with Crippen molar-refractivity contribution in [1.29, 1.82) is 0 Å². The molecule has 1 aromatic carbocycles. The van der Waals surface area contributed by atoms with Crippen LogP contribution in [0.5, 0.6) is 11.5 Å². The van der Waals surface area contributed by atoms with Crippen LogP contribution in [-0.4, -0.2) is 62.6 Å². The van der Waals surface area contributed by atoms with E-state index < -0.39 is 6.10 Å². The molecule has 1 aliphatic heterocycles. The molecule has 1 atom stereocenters. The molecule has 2 N–H and O–H groups in total. The van der Waals surface area contributed by atoms with Crippen LogP contribution in [0.25, 0.3) is 0 Å². The predicted molar refractivity (Wildman–Crippen MR) is 88.3 cm³/mol. The predicted octanol–water partition coefficient (Wildman–Crippen LogP) is 1.18. The first kappa shape index (κ1) is 20.3. The van der Waals surface area contributed by atoms with E-state index in [4.69, 9.17) is 9.47 Å². The molecule has 1 unspecified atom stereocenters. The van der Waals surface area contributed by atoms with E-state index in [-0.39, 0.29) is 31.4 Å². The summed E-state index contributed by atoms with van der Waals surface area (Å²) in [6.07, 6.45) is -0.483. The fraction of sp³-hybridized carbons (Fsp3) is 0.571. The smallest absolute Gasteiger partial charge is 0.161 e. The molecule has 0 aliphatic carbocycles. The topological polar surface area (TPSA) is 54.0 Å². The molecule has 122 valence electrons. The number of ether oxygens (including phenoxy) is 2. The van der Waals surface area contributed by atoms with Crippen molar-refractivity contribution in [1.82, 2.24) is 10.2 Å². The number of β-amino-alcohol motifs (C(OH)–C–C–N with tert-alkyl or cyclic N) is 1. The Kier molecular flexibility index (Phi) is 10.6. The zero-order chi connectivity index (χ0) is 13.5. The van der Waals surface area contributed by atoms with Gasteiger partial charge in [-0.05, 0) is 12.1 Å². The van der Waals surface area contributed by atoms with Crippen molar-refractivity contribution in [2.75, 3.05) is 46.4 Å².